The number of carbonyl (C=O) groups is 1. The zero-order valence-corrected chi connectivity index (χ0v) is 7.89. The fourth-order valence-corrected chi connectivity index (χ4v) is 0.677. The van der Waals surface area contributed by atoms with E-state index >= 15 is 0 Å². The van der Waals surface area contributed by atoms with Gasteiger partial charge in [0.05, 0.1) is 20.1 Å². The lowest BCUT2D eigenvalue weighted by atomic mass is 10.4. The van der Waals surface area contributed by atoms with Gasteiger partial charge < -0.3 is 4.74 Å². The van der Waals surface area contributed by atoms with Gasteiger partial charge in [-0.2, -0.15) is 0 Å². The Bertz CT molecular complexity index is 190. The lowest BCUT2D eigenvalue weighted by Gasteiger charge is -2.11. The van der Waals surface area contributed by atoms with Crippen LogP contribution >= 0.6 is 0 Å². The minimum Gasteiger partial charge on any atom is -0.469 e. The fourth-order valence-electron chi connectivity index (χ4n) is 0.677. The third kappa shape index (κ3) is 5.75. The normalized spacial score (nSPS) is 9.00. The van der Waals surface area contributed by atoms with Crippen molar-refractivity contribution in [3.05, 3.63) is 0 Å². The SMILES string of the molecule is CC#CCN(C)CCC(=O)OC. The Balaban J connectivity index is 3.47. The van der Waals surface area contributed by atoms with Crippen molar-refractivity contribution >= 4 is 5.97 Å². The number of rotatable bonds is 4. The minimum absolute atomic E-state index is 0.175. The molecule has 0 fully saturated rings. The Morgan fingerprint density at radius 1 is 1.58 bits per heavy atom. The fraction of sp³-hybridized carbons (Fsp3) is 0.667. The Morgan fingerprint density at radius 3 is 2.75 bits per heavy atom. The van der Waals surface area contributed by atoms with Gasteiger partial charge in [-0.1, -0.05) is 5.92 Å². The third-order valence-electron chi connectivity index (χ3n) is 1.45. The van der Waals surface area contributed by atoms with Gasteiger partial charge in [-0.15, -0.1) is 5.92 Å². The van der Waals surface area contributed by atoms with Gasteiger partial charge in [-0.25, -0.2) is 0 Å². The van der Waals surface area contributed by atoms with Crippen molar-refractivity contribution in [2.75, 3.05) is 27.2 Å². The van der Waals surface area contributed by atoms with Crippen LogP contribution in [0.4, 0.5) is 0 Å². The first-order valence-electron chi connectivity index (χ1n) is 3.85. The number of esters is 1. The predicted molar refractivity (Wildman–Crippen MR) is 47.6 cm³/mol. The van der Waals surface area contributed by atoms with Gasteiger partial charge in [0.15, 0.2) is 0 Å². The molecule has 68 valence electrons. The molecule has 0 radical (unpaired) electrons. The van der Waals surface area contributed by atoms with Crippen LogP contribution in [0.5, 0.6) is 0 Å². The zero-order valence-electron chi connectivity index (χ0n) is 7.89. The summed E-state index contributed by atoms with van der Waals surface area (Å²) in [4.78, 5) is 12.7. The van der Waals surface area contributed by atoms with Crippen molar-refractivity contribution in [2.24, 2.45) is 0 Å². The summed E-state index contributed by atoms with van der Waals surface area (Å²) < 4.78 is 4.50. The summed E-state index contributed by atoms with van der Waals surface area (Å²) in [5.74, 6) is 5.53. The average molecular weight is 169 g/mol. The van der Waals surface area contributed by atoms with Crippen LogP contribution in [0.25, 0.3) is 0 Å². The predicted octanol–water partition coefficient (Wildman–Crippen LogP) is 0.505. The molecule has 0 aromatic heterocycles. The Hall–Kier alpha value is -1.01. The first kappa shape index (κ1) is 11.0. The van der Waals surface area contributed by atoms with Crippen molar-refractivity contribution in [3.8, 4) is 11.8 Å². The average Bonchev–Trinajstić information content (AvgIpc) is 2.10. The molecular weight excluding hydrogens is 154 g/mol. The van der Waals surface area contributed by atoms with Crippen molar-refractivity contribution in [3.63, 3.8) is 0 Å². The first-order chi connectivity index (χ1) is 5.70. The molecule has 0 unspecified atom stereocenters. The van der Waals surface area contributed by atoms with E-state index in [0.717, 1.165) is 0 Å². The van der Waals surface area contributed by atoms with Crippen molar-refractivity contribution in [2.45, 2.75) is 13.3 Å². The smallest absolute Gasteiger partial charge is 0.306 e. The van der Waals surface area contributed by atoms with Crippen molar-refractivity contribution in [1.82, 2.24) is 4.90 Å². The molecule has 0 saturated carbocycles. The molecule has 0 atom stereocenters. The number of ether oxygens (including phenoxy) is 1. The molecular formula is C9H15NO2. The lowest BCUT2D eigenvalue weighted by molar-refractivity contribution is -0.140. The number of hydrogen-bond acceptors (Lipinski definition) is 3. The van der Waals surface area contributed by atoms with Crippen LogP contribution in [0, 0.1) is 11.8 Å². The van der Waals surface area contributed by atoms with Gasteiger partial charge >= 0.3 is 5.97 Å². The van der Waals surface area contributed by atoms with E-state index in [4.69, 9.17) is 0 Å². The van der Waals surface area contributed by atoms with Gasteiger partial charge in [-0.3, -0.25) is 9.69 Å². The quantitative estimate of drug-likeness (QED) is 0.453. The molecule has 12 heavy (non-hydrogen) atoms. The van der Waals surface area contributed by atoms with E-state index in [-0.39, 0.29) is 5.97 Å². The minimum atomic E-state index is -0.175. The second kappa shape index (κ2) is 6.68. The second-order valence-corrected chi connectivity index (χ2v) is 2.49. The summed E-state index contributed by atoms with van der Waals surface area (Å²) >= 11 is 0. The third-order valence-corrected chi connectivity index (χ3v) is 1.45. The molecule has 0 aromatic carbocycles. The van der Waals surface area contributed by atoms with Crippen LogP contribution < -0.4 is 0 Å². The van der Waals surface area contributed by atoms with Crippen molar-refractivity contribution in [1.29, 1.82) is 0 Å². The first-order valence-corrected chi connectivity index (χ1v) is 3.85. The van der Waals surface area contributed by atoms with Crippen molar-refractivity contribution < 1.29 is 9.53 Å². The van der Waals surface area contributed by atoms with Crippen LogP contribution in [0.3, 0.4) is 0 Å². The number of methoxy groups -OCH3 is 1. The summed E-state index contributed by atoms with van der Waals surface area (Å²) in [6.45, 7) is 3.20. The molecule has 0 spiro atoms. The van der Waals surface area contributed by atoms with Crippen LogP contribution in [0.15, 0.2) is 0 Å². The standard InChI is InChI=1S/C9H15NO2/c1-4-5-7-10(2)8-6-9(11)12-3/h6-8H2,1-3H3. The van der Waals surface area contributed by atoms with E-state index in [0.29, 0.717) is 19.5 Å². The molecule has 0 rings (SSSR count). The summed E-state index contributed by atoms with van der Waals surface area (Å²) in [6, 6.07) is 0. The Labute approximate surface area is 73.7 Å². The molecule has 0 aromatic rings. The van der Waals surface area contributed by atoms with E-state index in [1.807, 2.05) is 11.9 Å². The topological polar surface area (TPSA) is 29.5 Å². The molecule has 0 saturated heterocycles. The largest absolute Gasteiger partial charge is 0.469 e. The van der Waals surface area contributed by atoms with Crippen LogP contribution in [0.2, 0.25) is 0 Å². The van der Waals surface area contributed by atoms with Gasteiger partial charge in [0, 0.05) is 6.54 Å². The number of carbonyl (C=O) groups excluding carboxylic acids is 1. The van der Waals surface area contributed by atoms with E-state index in [9.17, 15) is 4.79 Å². The summed E-state index contributed by atoms with van der Waals surface area (Å²) in [5, 5.41) is 0. The zero-order chi connectivity index (χ0) is 9.40. The highest BCUT2D eigenvalue weighted by Gasteiger charge is 2.01. The number of hydrogen-bond donors (Lipinski definition) is 0. The summed E-state index contributed by atoms with van der Waals surface area (Å²) in [5.41, 5.74) is 0. The molecule has 0 heterocycles. The molecule has 0 amide bonds. The lowest BCUT2D eigenvalue weighted by Crippen LogP contribution is -2.22. The van der Waals surface area contributed by atoms with Crippen LogP contribution in [-0.4, -0.2) is 38.1 Å². The second-order valence-electron chi connectivity index (χ2n) is 2.49. The maximum atomic E-state index is 10.7. The van der Waals surface area contributed by atoms with E-state index in [1.165, 1.54) is 7.11 Å². The molecule has 0 bridgehead atoms. The molecule has 0 aliphatic rings. The highest BCUT2D eigenvalue weighted by Crippen LogP contribution is 1.88. The molecule has 0 aliphatic carbocycles. The maximum Gasteiger partial charge on any atom is 0.306 e. The Morgan fingerprint density at radius 2 is 2.25 bits per heavy atom. The molecule has 3 heteroatoms. The van der Waals surface area contributed by atoms with Gasteiger partial charge in [-0.05, 0) is 14.0 Å². The van der Waals surface area contributed by atoms with E-state index in [1.54, 1.807) is 6.92 Å². The van der Waals surface area contributed by atoms with Crippen LogP contribution in [0.1, 0.15) is 13.3 Å². The van der Waals surface area contributed by atoms with E-state index < -0.39 is 0 Å². The van der Waals surface area contributed by atoms with Crippen LogP contribution in [-0.2, 0) is 9.53 Å². The Kier molecular flexibility index (Phi) is 6.12. The number of nitrogens with zero attached hydrogens (tertiary/aromatic N) is 1. The highest BCUT2D eigenvalue weighted by atomic mass is 16.5. The van der Waals surface area contributed by atoms with Gasteiger partial charge in [0.2, 0.25) is 0 Å². The monoisotopic (exact) mass is 169 g/mol. The summed E-state index contributed by atoms with van der Waals surface area (Å²) in [7, 11) is 3.32. The molecule has 0 N–H and O–H groups in total. The molecule has 3 nitrogen and oxygen atoms in total. The van der Waals surface area contributed by atoms with Gasteiger partial charge in [0.1, 0.15) is 0 Å². The molecule has 0 aliphatic heterocycles. The van der Waals surface area contributed by atoms with Gasteiger partial charge in [0.25, 0.3) is 0 Å². The summed E-state index contributed by atoms with van der Waals surface area (Å²) in [6.07, 6.45) is 0.429. The maximum absolute atomic E-state index is 10.7. The highest BCUT2D eigenvalue weighted by molar-refractivity contribution is 5.69. The van der Waals surface area contributed by atoms with E-state index in [2.05, 4.69) is 16.6 Å².